The smallest absolute Gasteiger partial charge is 0.337 e. The summed E-state index contributed by atoms with van der Waals surface area (Å²) in [5.74, 6) is -0.543. The lowest BCUT2D eigenvalue weighted by molar-refractivity contribution is -0.136. The molecular formula is C15H14BrNO3. The van der Waals surface area contributed by atoms with Crippen LogP contribution in [0.5, 0.6) is 0 Å². The normalized spacial score (nSPS) is 22.2. The number of methoxy groups -OCH3 is 1. The predicted molar refractivity (Wildman–Crippen MR) is 77.0 cm³/mol. The first kappa shape index (κ1) is 14.6. The van der Waals surface area contributed by atoms with E-state index in [1.807, 2.05) is 24.3 Å². The second-order valence-corrected chi connectivity index (χ2v) is 5.71. The summed E-state index contributed by atoms with van der Waals surface area (Å²) < 4.78 is 5.61. The Balaban J connectivity index is 2.42. The third kappa shape index (κ3) is 2.56. The van der Waals surface area contributed by atoms with Crippen LogP contribution < -0.4 is 0 Å². The van der Waals surface area contributed by atoms with Crippen molar-refractivity contribution >= 4 is 21.9 Å². The molecule has 0 spiro atoms. The molecule has 0 amide bonds. The maximum Gasteiger partial charge on any atom is 0.337 e. The summed E-state index contributed by atoms with van der Waals surface area (Å²) in [4.78, 5) is 11.7. The third-order valence-electron chi connectivity index (χ3n) is 3.66. The van der Waals surface area contributed by atoms with Crippen molar-refractivity contribution in [3.63, 3.8) is 0 Å². The molecule has 104 valence electrons. The van der Waals surface area contributed by atoms with Crippen molar-refractivity contribution in [3.8, 4) is 6.07 Å². The van der Waals surface area contributed by atoms with E-state index in [0.717, 1.165) is 10.0 Å². The number of halogens is 1. The number of esters is 1. The van der Waals surface area contributed by atoms with Crippen molar-refractivity contribution in [2.75, 3.05) is 7.11 Å². The molecule has 0 heterocycles. The second-order valence-electron chi connectivity index (χ2n) is 4.79. The van der Waals surface area contributed by atoms with Gasteiger partial charge in [-0.25, -0.2) is 4.79 Å². The van der Waals surface area contributed by atoms with Gasteiger partial charge in [0.1, 0.15) is 5.76 Å². The molecule has 0 bridgehead atoms. The van der Waals surface area contributed by atoms with Crippen LogP contribution in [0, 0.1) is 11.3 Å². The van der Waals surface area contributed by atoms with Crippen molar-refractivity contribution in [1.29, 1.82) is 5.26 Å². The van der Waals surface area contributed by atoms with Crippen LogP contribution in [0.1, 0.15) is 24.8 Å². The second kappa shape index (κ2) is 5.68. The van der Waals surface area contributed by atoms with Gasteiger partial charge in [-0.15, -0.1) is 0 Å². The largest absolute Gasteiger partial charge is 0.512 e. The molecule has 0 saturated heterocycles. The zero-order valence-corrected chi connectivity index (χ0v) is 12.6. The molecule has 1 aromatic carbocycles. The van der Waals surface area contributed by atoms with Crippen LogP contribution in [-0.2, 0) is 14.9 Å². The number of rotatable bonds is 2. The lowest BCUT2D eigenvalue weighted by Crippen LogP contribution is -2.31. The maximum absolute atomic E-state index is 11.7. The standard InChI is InChI=1S/C15H14BrNO3/c1-20-14(19)12-8-15(9-17,7-6-13(12)18)10-2-4-11(16)5-3-10/h2-5,18H,6-8H2,1H3. The number of aliphatic hydroxyl groups is 1. The summed E-state index contributed by atoms with van der Waals surface area (Å²) >= 11 is 3.36. The van der Waals surface area contributed by atoms with Crippen LogP contribution in [0.3, 0.4) is 0 Å². The number of hydrogen-bond donors (Lipinski definition) is 1. The molecule has 1 aliphatic carbocycles. The van der Waals surface area contributed by atoms with E-state index in [9.17, 15) is 15.2 Å². The molecule has 5 heteroatoms. The van der Waals surface area contributed by atoms with E-state index in [0.29, 0.717) is 12.8 Å². The van der Waals surface area contributed by atoms with E-state index in [4.69, 9.17) is 0 Å². The fraction of sp³-hybridized carbons (Fsp3) is 0.333. The van der Waals surface area contributed by atoms with Gasteiger partial charge in [-0.1, -0.05) is 28.1 Å². The Bertz CT molecular complexity index is 601. The predicted octanol–water partition coefficient (Wildman–Crippen LogP) is 3.38. The van der Waals surface area contributed by atoms with Gasteiger partial charge in [0.25, 0.3) is 0 Å². The monoisotopic (exact) mass is 335 g/mol. The fourth-order valence-electron chi connectivity index (χ4n) is 2.46. The summed E-state index contributed by atoms with van der Waals surface area (Å²) in [5, 5.41) is 19.5. The summed E-state index contributed by atoms with van der Waals surface area (Å²) in [6.45, 7) is 0. The van der Waals surface area contributed by atoms with E-state index >= 15 is 0 Å². The molecule has 1 aliphatic rings. The van der Waals surface area contributed by atoms with Crippen molar-refractivity contribution in [2.24, 2.45) is 0 Å². The van der Waals surface area contributed by atoms with Crippen LogP contribution in [-0.4, -0.2) is 18.2 Å². The number of ether oxygens (including phenoxy) is 1. The van der Waals surface area contributed by atoms with Crippen LogP contribution in [0.25, 0.3) is 0 Å². The molecule has 0 aliphatic heterocycles. The molecule has 0 radical (unpaired) electrons. The first-order chi connectivity index (χ1) is 9.52. The molecule has 0 fully saturated rings. The first-order valence-electron chi connectivity index (χ1n) is 6.19. The van der Waals surface area contributed by atoms with Crippen LogP contribution in [0.4, 0.5) is 0 Å². The molecule has 1 unspecified atom stereocenters. The number of carbonyl (C=O) groups is 1. The highest BCUT2D eigenvalue weighted by Crippen LogP contribution is 2.41. The van der Waals surface area contributed by atoms with Crippen LogP contribution in [0.15, 0.2) is 40.1 Å². The minimum atomic E-state index is -0.795. The molecule has 0 aromatic heterocycles. The van der Waals surface area contributed by atoms with Gasteiger partial charge in [0.2, 0.25) is 0 Å². The van der Waals surface area contributed by atoms with Crippen molar-refractivity contribution < 1.29 is 14.6 Å². The molecule has 2 rings (SSSR count). The van der Waals surface area contributed by atoms with Gasteiger partial charge >= 0.3 is 5.97 Å². The summed E-state index contributed by atoms with van der Waals surface area (Å²) in [6, 6.07) is 9.78. The topological polar surface area (TPSA) is 70.3 Å². The van der Waals surface area contributed by atoms with Gasteiger partial charge < -0.3 is 9.84 Å². The van der Waals surface area contributed by atoms with Gasteiger partial charge in [-0.2, -0.15) is 5.26 Å². The van der Waals surface area contributed by atoms with E-state index in [1.54, 1.807) is 0 Å². The Morgan fingerprint density at radius 2 is 2.10 bits per heavy atom. The Morgan fingerprint density at radius 1 is 1.45 bits per heavy atom. The highest BCUT2D eigenvalue weighted by atomic mass is 79.9. The third-order valence-corrected chi connectivity index (χ3v) is 4.19. The van der Waals surface area contributed by atoms with E-state index in [2.05, 4.69) is 26.7 Å². The fourth-order valence-corrected chi connectivity index (χ4v) is 2.73. The Kier molecular flexibility index (Phi) is 4.15. The molecule has 4 nitrogen and oxygen atoms in total. The van der Waals surface area contributed by atoms with Crippen LogP contribution >= 0.6 is 15.9 Å². The number of nitrogens with zero attached hydrogens (tertiary/aromatic N) is 1. The highest BCUT2D eigenvalue weighted by Gasteiger charge is 2.40. The number of aliphatic hydroxyl groups excluding tert-OH is 1. The highest BCUT2D eigenvalue weighted by molar-refractivity contribution is 9.10. The lowest BCUT2D eigenvalue weighted by atomic mass is 9.70. The summed E-state index contributed by atoms with van der Waals surface area (Å²) in [5.41, 5.74) is 0.247. The number of allylic oxidation sites excluding steroid dienone is 1. The first-order valence-corrected chi connectivity index (χ1v) is 6.98. The van der Waals surface area contributed by atoms with Crippen molar-refractivity contribution in [2.45, 2.75) is 24.7 Å². The zero-order chi connectivity index (χ0) is 14.8. The summed E-state index contributed by atoms with van der Waals surface area (Å²) in [6.07, 6.45) is 0.954. The quantitative estimate of drug-likeness (QED) is 0.841. The van der Waals surface area contributed by atoms with Crippen LogP contribution in [0.2, 0.25) is 0 Å². The van der Waals surface area contributed by atoms with Gasteiger partial charge in [0, 0.05) is 17.3 Å². The number of carbonyl (C=O) groups excluding carboxylic acids is 1. The summed E-state index contributed by atoms with van der Waals surface area (Å²) in [7, 11) is 1.27. The Morgan fingerprint density at radius 3 is 2.65 bits per heavy atom. The molecule has 1 aromatic rings. The average molecular weight is 336 g/mol. The van der Waals surface area contributed by atoms with Crippen molar-refractivity contribution in [1.82, 2.24) is 0 Å². The lowest BCUT2D eigenvalue weighted by Gasteiger charge is -2.31. The number of hydrogen-bond acceptors (Lipinski definition) is 4. The van der Waals surface area contributed by atoms with E-state index in [-0.39, 0.29) is 17.8 Å². The van der Waals surface area contributed by atoms with E-state index in [1.165, 1.54) is 7.11 Å². The minimum Gasteiger partial charge on any atom is -0.512 e. The molecule has 0 saturated carbocycles. The number of nitriles is 1. The SMILES string of the molecule is COC(=O)C1=C(O)CCC(C#N)(c2ccc(Br)cc2)C1. The minimum absolute atomic E-state index is 0.0276. The van der Waals surface area contributed by atoms with Gasteiger partial charge in [-0.05, 0) is 24.1 Å². The van der Waals surface area contributed by atoms with Gasteiger partial charge in [0.15, 0.2) is 0 Å². The van der Waals surface area contributed by atoms with Gasteiger partial charge in [0.05, 0.1) is 24.2 Å². The molecule has 1 N–H and O–H groups in total. The van der Waals surface area contributed by atoms with E-state index < -0.39 is 11.4 Å². The van der Waals surface area contributed by atoms with Gasteiger partial charge in [-0.3, -0.25) is 0 Å². The molecule has 1 atom stereocenters. The average Bonchev–Trinajstić information content (AvgIpc) is 2.48. The van der Waals surface area contributed by atoms with Crippen molar-refractivity contribution in [3.05, 3.63) is 45.6 Å². The zero-order valence-electron chi connectivity index (χ0n) is 11.0. The molecular weight excluding hydrogens is 322 g/mol. The maximum atomic E-state index is 11.7. The molecule has 20 heavy (non-hydrogen) atoms. The Labute approximate surface area is 125 Å². The number of benzene rings is 1. The Hall–Kier alpha value is -1.80.